The summed E-state index contributed by atoms with van der Waals surface area (Å²) >= 11 is 0. The first-order valence-electron chi connectivity index (χ1n) is 18.0. The minimum absolute atomic E-state index is 0.213. The summed E-state index contributed by atoms with van der Waals surface area (Å²) in [6.45, 7) is 4.75. The van der Waals surface area contributed by atoms with Gasteiger partial charge in [-0.3, -0.25) is 0 Å². The molecule has 1 aliphatic rings. The summed E-state index contributed by atoms with van der Waals surface area (Å²) in [4.78, 5) is 2.37. The summed E-state index contributed by atoms with van der Waals surface area (Å²) in [6, 6.07) is 61.8. The van der Waals surface area contributed by atoms with E-state index in [9.17, 15) is 0 Å². The molecule has 0 N–H and O–H groups in total. The van der Waals surface area contributed by atoms with E-state index in [1.54, 1.807) is 0 Å². The van der Waals surface area contributed by atoms with Gasteiger partial charge in [0.25, 0.3) is 0 Å². The van der Waals surface area contributed by atoms with Gasteiger partial charge in [0.15, 0.2) is 0 Å². The summed E-state index contributed by atoms with van der Waals surface area (Å²) in [5.41, 5.74) is 13.9. The lowest BCUT2D eigenvalue weighted by Gasteiger charge is -2.28. The van der Waals surface area contributed by atoms with Crippen LogP contribution in [0.5, 0.6) is 0 Å². The summed E-state index contributed by atoms with van der Waals surface area (Å²) in [6.07, 6.45) is 0. The maximum Gasteiger partial charge on any atom is 0.135 e. The zero-order chi connectivity index (χ0) is 34.6. The van der Waals surface area contributed by atoms with E-state index in [1.165, 1.54) is 60.5 Å². The normalized spacial score (nSPS) is 13.3. The van der Waals surface area contributed by atoms with Crippen molar-refractivity contribution in [1.29, 1.82) is 0 Å². The monoisotopic (exact) mass is 666 g/mol. The lowest BCUT2D eigenvalue weighted by molar-refractivity contribution is 0.660. The van der Waals surface area contributed by atoms with Crippen LogP contribution in [0.15, 0.2) is 174 Å². The molecule has 11 rings (SSSR count). The molecule has 0 unspecified atom stereocenters. The second kappa shape index (κ2) is 10.7. The lowest BCUT2D eigenvalue weighted by Crippen LogP contribution is -2.17. The third kappa shape index (κ3) is 4.14. The Morgan fingerprint density at radius 2 is 1.08 bits per heavy atom. The van der Waals surface area contributed by atoms with Gasteiger partial charge < -0.3 is 13.9 Å². The predicted octanol–water partition coefficient (Wildman–Crippen LogP) is 13.6. The second-order valence-electron chi connectivity index (χ2n) is 14.6. The molecule has 8 aromatic carbocycles. The van der Waals surface area contributed by atoms with Crippen LogP contribution in [-0.2, 0) is 5.41 Å². The summed E-state index contributed by atoms with van der Waals surface area (Å²) in [5, 5.41) is 7.33. The van der Waals surface area contributed by atoms with Crippen molar-refractivity contribution < 1.29 is 4.42 Å². The quantitative estimate of drug-likeness (QED) is 0.186. The number of fused-ring (bicyclic) bond motifs is 10. The molecule has 0 spiro atoms. The van der Waals surface area contributed by atoms with Crippen LogP contribution < -0.4 is 4.90 Å². The van der Waals surface area contributed by atoms with Gasteiger partial charge in [-0.2, -0.15) is 0 Å². The van der Waals surface area contributed by atoms with Gasteiger partial charge in [-0.25, -0.2) is 0 Å². The summed E-state index contributed by atoms with van der Waals surface area (Å²) in [7, 11) is 0. The highest BCUT2D eigenvalue weighted by molar-refractivity contribution is 6.13. The van der Waals surface area contributed by atoms with Gasteiger partial charge in [0.05, 0.1) is 11.0 Å². The largest absolute Gasteiger partial charge is 0.456 e. The number of nitrogens with zero attached hydrogens (tertiary/aromatic N) is 2. The lowest BCUT2D eigenvalue weighted by atomic mass is 9.82. The highest BCUT2D eigenvalue weighted by Crippen LogP contribution is 2.52. The summed E-state index contributed by atoms with van der Waals surface area (Å²) in [5.74, 6) is 0. The van der Waals surface area contributed by atoms with Gasteiger partial charge in [0.2, 0.25) is 0 Å². The van der Waals surface area contributed by atoms with Crippen LogP contribution in [-0.4, -0.2) is 4.57 Å². The van der Waals surface area contributed by atoms with Crippen molar-refractivity contribution in [2.24, 2.45) is 0 Å². The van der Waals surface area contributed by atoms with E-state index in [2.05, 4.69) is 181 Å². The molecule has 2 heterocycles. The Labute approximate surface area is 301 Å². The highest BCUT2D eigenvalue weighted by Gasteiger charge is 2.36. The molecule has 0 saturated heterocycles. The minimum atomic E-state index is -0.213. The van der Waals surface area contributed by atoms with Crippen molar-refractivity contribution in [2.45, 2.75) is 19.3 Å². The topological polar surface area (TPSA) is 21.3 Å². The first-order valence-corrected chi connectivity index (χ1v) is 18.0. The van der Waals surface area contributed by atoms with Crippen LogP contribution in [0.4, 0.5) is 17.1 Å². The molecule has 52 heavy (non-hydrogen) atoms. The molecule has 3 heteroatoms. The molecule has 10 aromatic rings. The fourth-order valence-corrected chi connectivity index (χ4v) is 8.80. The van der Waals surface area contributed by atoms with Crippen molar-refractivity contribution >= 4 is 71.6 Å². The van der Waals surface area contributed by atoms with Crippen LogP contribution >= 0.6 is 0 Å². The zero-order valence-corrected chi connectivity index (χ0v) is 29.0. The first kappa shape index (κ1) is 29.2. The highest BCUT2D eigenvalue weighted by atomic mass is 16.3. The molecular weight excluding hydrogens is 633 g/mol. The van der Waals surface area contributed by atoms with E-state index in [0.29, 0.717) is 0 Å². The Bertz CT molecular complexity index is 3050. The van der Waals surface area contributed by atoms with Crippen LogP contribution in [0.25, 0.3) is 71.3 Å². The molecule has 0 amide bonds. The Balaban J connectivity index is 1.06. The Kier molecular flexibility index (Phi) is 6.01. The maximum atomic E-state index is 6.20. The van der Waals surface area contributed by atoms with Gasteiger partial charge in [-0.05, 0) is 112 Å². The van der Waals surface area contributed by atoms with Gasteiger partial charge in [-0.15, -0.1) is 0 Å². The maximum absolute atomic E-state index is 6.20. The molecule has 2 aromatic heterocycles. The van der Waals surface area contributed by atoms with Crippen LogP contribution in [0.1, 0.15) is 25.0 Å². The minimum Gasteiger partial charge on any atom is -0.456 e. The fourth-order valence-electron chi connectivity index (χ4n) is 8.80. The number of anilines is 3. The number of aromatic nitrogens is 1. The van der Waals surface area contributed by atoms with Gasteiger partial charge >= 0.3 is 0 Å². The Morgan fingerprint density at radius 1 is 0.442 bits per heavy atom. The average molecular weight is 667 g/mol. The molecule has 0 bridgehead atoms. The standard InChI is InChI=1S/C49H34N2O/c1-49(2)43-29-35(50(33-14-4-3-5-15-33)34-22-25-48-42(28-34)40-17-9-11-19-47(40)52-48)20-23-37(43)38-24-21-36(30-44(38)49)51-45-18-10-8-16-39(45)41-26-31-12-6-7-13-32(31)27-46(41)51/h3-30H,1-2H3. The molecule has 1 aliphatic carbocycles. The fraction of sp³-hybridized carbons (Fsp3) is 0.0612. The molecule has 0 atom stereocenters. The molecule has 3 nitrogen and oxygen atoms in total. The van der Waals surface area contributed by atoms with E-state index in [0.717, 1.165) is 39.0 Å². The van der Waals surface area contributed by atoms with Crippen molar-refractivity contribution in [3.63, 3.8) is 0 Å². The summed E-state index contributed by atoms with van der Waals surface area (Å²) < 4.78 is 8.66. The third-order valence-corrected chi connectivity index (χ3v) is 11.3. The number of hydrogen-bond acceptors (Lipinski definition) is 2. The zero-order valence-electron chi connectivity index (χ0n) is 29.0. The van der Waals surface area contributed by atoms with E-state index < -0.39 is 0 Å². The van der Waals surface area contributed by atoms with Crippen LogP contribution in [0.3, 0.4) is 0 Å². The Hall–Kier alpha value is -6.58. The van der Waals surface area contributed by atoms with Crippen molar-refractivity contribution in [2.75, 3.05) is 4.90 Å². The van der Waals surface area contributed by atoms with Crippen molar-refractivity contribution in [1.82, 2.24) is 4.57 Å². The third-order valence-electron chi connectivity index (χ3n) is 11.3. The average Bonchev–Trinajstić information content (AvgIpc) is 3.79. The number of hydrogen-bond donors (Lipinski definition) is 0. The second-order valence-corrected chi connectivity index (χ2v) is 14.6. The van der Waals surface area contributed by atoms with Crippen LogP contribution in [0.2, 0.25) is 0 Å². The molecule has 0 radical (unpaired) electrons. The number of furan rings is 1. The number of para-hydroxylation sites is 3. The Morgan fingerprint density at radius 3 is 1.92 bits per heavy atom. The van der Waals surface area contributed by atoms with Crippen LogP contribution in [0, 0.1) is 0 Å². The molecule has 0 fully saturated rings. The predicted molar refractivity (Wildman–Crippen MR) is 218 cm³/mol. The number of benzene rings is 8. The smallest absolute Gasteiger partial charge is 0.135 e. The van der Waals surface area contributed by atoms with Crippen molar-refractivity contribution in [3.05, 3.63) is 181 Å². The van der Waals surface area contributed by atoms with E-state index >= 15 is 0 Å². The number of rotatable bonds is 4. The molecular formula is C49H34N2O. The SMILES string of the molecule is CC1(C)c2cc(N(c3ccccc3)c3ccc4oc5ccccc5c4c3)ccc2-c2ccc(-n3c4ccccc4c4cc5ccccc5cc43)cc21. The van der Waals surface area contributed by atoms with Gasteiger partial charge in [0, 0.05) is 49.7 Å². The molecule has 0 saturated carbocycles. The van der Waals surface area contributed by atoms with Gasteiger partial charge in [-0.1, -0.05) is 105 Å². The van der Waals surface area contributed by atoms with Gasteiger partial charge in [0.1, 0.15) is 11.2 Å². The van der Waals surface area contributed by atoms with E-state index in [4.69, 9.17) is 4.42 Å². The van der Waals surface area contributed by atoms with Crippen molar-refractivity contribution in [3.8, 4) is 16.8 Å². The van der Waals surface area contributed by atoms with E-state index in [1.807, 2.05) is 12.1 Å². The molecule has 0 aliphatic heterocycles. The van der Waals surface area contributed by atoms with E-state index in [-0.39, 0.29) is 5.41 Å². The molecule has 246 valence electrons. The first-order chi connectivity index (χ1) is 25.5.